The fourth-order valence-electron chi connectivity index (χ4n) is 3.84. The van der Waals surface area contributed by atoms with Crippen molar-refractivity contribution >= 4 is 63.3 Å². The van der Waals surface area contributed by atoms with Crippen molar-refractivity contribution < 1.29 is 22.1 Å². The van der Waals surface area contributed by atoms with Crippen LogP contribution in [0.3, 0.4) is 0 Å². The van der Waals surface area contributed by atoms with E-state index in [-0.39, 0.29) is 36.4 Å². The maximum atomic E-state index is 12.9. The Morgan fingerprint density at radius 3 is 2.38 bits per heavy atom. The predicted octanol–water partition coefficient (Wildman–Crippen LogP) is 3.93. The monoisotopic (exact) mass is 562 g/mol. The highest BCUT2D eigenvalue weighted by atomic mass is 35.5. The third-order valence-electron chi connectivity index (χ3n) is 5.75. The predicted molar refractivity (Wildman–Crippen MR) is 153 cm³/mol. The van der Waals surface area contributed by atoms with Crippen molar-refractivity contribution in [2.45, 2.75) is 0 Å². The van der Waals surface area contributed by atoms with Crippen LogP contribution in [0.1, 0.15) is 10.4 Å². The number of carbonyl (C=O) groups is 1. The second-order valence-corrected chi connectivity index (χ2v) is 8.43. The van der Waals surface area contributed by atoms with Gasteiger partial charge in [-0.1, -0.05) is 0 Å². The van der Waals surface area contributed by atoms with Crippen molar-refractivity contribution in [1.29, 1.82) is 0 Å². The summed E-state index contributed by atoms with van der Waals surface area (Å²) >= 11 is 0. The first-order valence-electron chi connectivity index (χ1n) is 11.5. The summed E-state index contributed by atoms with van der Waals surface area (Å²) < 4.78 is 1.95. The number of amides is 1. The van der Waals surface area contributed by atoms with Crippen LogP contribution in [-0.2, 0) is 7.05 Å². The van der Waals surface area contributed by atoms with Gasteiger partial charge in [-0.05, 0) is 48.5 Å². The Hall–Kier alpha value is -4.73. The van der Waals surface area contributed by atoms with Crippen molar-refractivity contribution in [3.63, 3.8) is 0 Å². The highest BCUT2D eigenvalue weighted by molar-refractivity contribution is 6.05. The van der Waals surface area contributed by atoms with E-state index >= 15 is 0 Å². The summed E-state index contributed by atoms with van der Waals surface area (Å²) in [7, 11) is 1.95. The van der Waals surface area contributed by atoms with Crippen molar-refractivity contribution in [1.82, 2.24) is 9.55 Å². The summed E-state index contributed by atoms with van der Waals surface area (Å²) in [5, 5.41) is 21.3. The molecule has 0 aliphatic heterocycles. The minimum absolute atomic E-state index is 0. The standard InChI is InChI=1S/C28H22N6O3.2ClH/c1-33-15-12-22(13-16-33)30-23-4-2-3-19(17-23)28(35)32-21-7-5-20(6-8-21)31-27-11-14-29-26-10-9-24(34(36)37)18-25(26)27;;/h2-18,30H,1H3,(H-,29,31,32,35);2*1H. The van der Waals surface area contributed by atoms with E-state index in [0.717, 1.165) is 17.1 Å². The number of nitrogens with one attached hydrogen (secondary N) is 3. The number of halogens is 2. The zero-order valence-electron chi connectivity index (χ0n) is 20.7. The molecule has 0 unspecified atom stereocenters. The van der Waals surface area contributed by atoms with E-state index in [1.54, 1.807) is 42.6 Å². The van der Waals surface area contributed by atoms with Gasteiger partial charge in [-0.3, -0.25) is 29.8 Å². The molecule has 3 N–H and O–H groups in total. The number of aryl methyl sites for hydroxylation is 1. The molecule has 2 aromatic heterocycles. The van der Waals surface area contributed by atoms with Crippen LogP contribution in [0.5, 0.6) is 0 Å². The molecular formula is C28H24Cl2N6O3. The Morgan fingerprint density at radius 2 is 1.67 bits per heavy atom. The summed E-state index contributed by atoms with van der Waals surface area (Å²) in [6.07, 6.45) is 5.53. The highest BCUT2D eigenvalue weighted by Gasteiger charge is 2.11. The Labute approximate surface area is 236 Å². The maximum absolute atomic E-state index is 12.9. The van der Waals surface area contributed by atoms with E-state index in [1.165, 1.54) is 12.1 Å². The molecule has 0 bridgehead atoms. The average molecular weight is 563 g/mol. The van der Waals surface area contributed by atoms with Crippen LogP contribution in [0, 0.1) is 10.1 Å². The minimum Gasteiger partial charge on any atom is -1.00 e. The van der Waals surface area contributed by atoms with Crippen LogP contribution in [0.25, 0.3) is 10.9 Å². The molecule has 0 atom stereocenters. The first-order chi connectivity index (χ1) is 17.9. The molecule has 0 fully saturated rings. The average Bonchev–Trinajstić information content (AvgIpc) is 2.91. The summed E-state index contributed by atoms with van der Waals surface area (Å²) in [4.78, 5) is 27.9. The van der Waals surface area contributed by atoms with Crippen LogP contribution in [0.4, 0.5) is 34.1 Å². The second-order valence-electron chi connectivity index (χ2n) is 8.43. The molecule has 0 spiro atoms. The number of benzene rings is 3. The maximum Gasteiger partial charge on any atom is 0.270 e. The Bertz CT molecular complexity index is 1610. The van der Waals surface area contributed by atoms with Crippen LogP contribution in [0.15, 0.2) is 104 Å². The number of hydrogen-bond acceptors (Lipinski definition) is 6. The lowest BCUT2D eigenvalue weighted by Gasteiger charge is -2.11. The van der Waals surface area contributed by atoms with E-state index in [2.05, 4.69) is 20.9 Å². The van der Waals surface area contributed by atoms with Crippen molar-refractivity contribution in [2.75, 3.05) is 16.0 Å². The third-order valence-corrected chi connectivity index (χ3v) is 5.75. The molecule has 0 saturated carbocycles. The van der Waals surface area contributed by atoms with Crippen molar-refractivity contribution in [3.05, 3.63) is 119 Å². The summed E-state index contributed by atoms with van der Waals surface area (Å²) in [6, 6.07) is 24.8. The first-order valence-corrected chi connectivity index (χ1v) is 11.5. The molecule has 2 heterocycles. The lowest BCUT2D eigenvalue weighted by molar-refractivity contribution is -0.384. The number of hydrogen-bond donors (Lipinski definition) is 3. The van der Waals surface area contributed by atoms with E-state index < -0.39 is 4.92 Å². The van der Waals surface area contributed by atoms with Gasteiger partial charge in [0.2, 0.25) is 0 Å². The highest BCUT2D eigenvalue weighted by Crippen LogP contribution is 2.29. The Morgan fingerprint density at radius 1 is 0.949 bits per heavy atom. The van der Waals surface area contributed by atoms with Gasteiger partial charge in [-0.2, -0.15) is 0 Å². The number of rotatable bonds is 7. The molecule has 5 rings (SSSR count). The molecule has 3 aromatic carbocycles. The van der Waals surface area contributed by atoms with Gasteiger partial charge in [0.15, 0.2) is 0 Å². The van der Waals surface area contributed by atoms with Gasteiger partial charge in [-0.15, -0.1) is 12.4 Å². The zero-order chi connectivity index (χ0) is 25.8. The first kappa shape index (κ1) is 28.8. The lowest BCUT2D eigenvalue weighted by Crippen LogP contribution is -3.00. The number of aromatic nitrogens is 2. The minimum atomic E-state index is -0.429. The molecule has 1 amide bonds. The molecular weight excluding hydrogens is 539 g/mol. The molecule has 11 heteroatoms. The van der Waals surface area contributed by atoms with Crippen LogP contribution < -0.4 is 28.4 Å². The van der Waals surface area contributed by atoms with Crippen molar-refractivity contribution in [2.24, 2.45) is 7.05 Å². The summed E-state index contributed by atoms with van der Waals surface area (Å²) in [5.74, 6) is -0.226. The molecule has 0 saturated heterocycles. The van der Waals surface area contributed by atoms with Gasteiger partial charge in [0.05, 0.1) is 40.5 Å². The molecule has 5 aromatic rings. The summed E-state index contributed by atoms with van der Waals surface area (Å²) in [5.41, 5.74) is 5.01. The SMILES string of the molecule is Cl.Cn1cc[c+](Nc2cccc(C(=O)Nc3ccc(Nc4ccnc5ccc([N+](=O)[O-])cc45)cc3)c2)cc1.[Cl-]. The Kier molecular flexibility index (Phi) is 9.38. The van der Waals surface area contributed by atoms with Gasteiger partial charge in [-0.25, -0.2) is 0 Å². The molecule has 0 aliphatic rings. The van der Waals surface area contributed by atoms with E-state index in [0.29, 0.717) is 27.8 Å². The number of carbonyl (C=O) groups excluding carboxylic acids is 1. The molecule has 0 radical (unpaired) electrons. The largest absolute Gasteiger partial charge is 1.00 e. The number of non-ortho nitro benzene ring substituents is 1. The zero-order valence-corrected chi connectivity index (χ0v) is 22.2. The fourth-order valence-corrected chi connectivity index (χ4v) is 3.84. The van der Waals surface area contributed by atoms with Gasteiger partial charge in [0, 0.05) is 60.0 Å². The van der Waals surface area contributed by atoms with Crippen LogP contribution >= 0.6 is 12.4 Å². The third kappa shape index (κ3) is 6.98. The Balaban J connectivity index is 0.00000210. The van der Waals surface area contributed by atoms with Crippen molar-refractivity contribution in [3.8, 4) is 0 Å². The number of nitro benzene ring substituents is 1. The topological polar surface area (TPSA) is 114 Å². The van der Waals surface area contributed by atoms with Gasteiger partial charge < -0.3 is 23.0 Å². The smallest absolute Gasteiger partial charge is 0.270 e. The number of nitrogens with zero attached hydrogens (tertiary/aromatic N) is 3. The molecule has 0 aliphatic carbocycles. The van der Waals surface area contributed by atoms with Crippen LogP contribution in [-0.4, -0.2) is 20.4 Å². The van der Waals surface area contributed by atoms with Gasteiger partial charge in [0.1, 0.15) is 11.4 Å². The number of pyridine rings is 2. The van der Waals surface area contributed by atoms with E-state index in [1.807, 2.05) is 60.4 Å². The molecule has 39 heavy (non-hydrogen) atoms. The van der Waals surface area contributed by atoms with E-state index in [9.17, 15) is 14.9 Å². The lowest BCUT2D eigenvalue weighted by atomic mass is 10.1. The number of anilines is 5. The normalized spacial score (nSPS) is 10.1. The second kappa shape index (κ2) is 12.7. The van der Waals surface area contributed by atoms with Crippen LogP contribution in [0.2, 0.25) is 0 Å². The quantitative estimate of drug-likeness (QED) is 0.157. The van der Waals surface area contributed by atoms with E-state index in [4.69, 9.17) is 0 Å². The molecule has 198 valence electrons. The van der Waals surface area contributed by atoms with Gasteiger partial charge in [0.25, 0.3) is 11.6 Å². The fraction of sp³-hybridized carbons (Fsp3) is 0.0357. The summed E-state index contributed by atoms with van der Waals surface area (Å²) in [6.45, 7) is 0. The molecule has 9 nitrogen and oxygen atoms in total. The van der Waals surface area contributed by atoms with Gasteiger partial charge >= 0.3 is 0 Å². The number of nitro groups is 1. The number of fused-ring (bicyclic) bond motifs is 1.